The number of rotatable bonds is 11. The standard InChI is InChI=1S/C26H31F2N3O3/c1-17-22(34-16-13-29-12-4-11-27)8-7-20(28)24(17)26-25-19(9-14-31(26)15-10-23(32)33)18-5-2-3-6-21(18)30-25/h2-3,5-8,26,29-30H,4,9-16H2,1H3,(H,32,33). The summed E-state index contributed by atoms with van der Waals surface area (Å²) in [7, 11) is 0. The molecule has 1 aliphatic heterocycles. The lowest BCUT2D eigenvalue weighted by molar-refractivity contribution is -0.137. The molecule has 1 atom stereocenters. The first-order chi connectivity index (χ1) is 16.5. The predicted octanol–water partition coefficient (Wildman–Crippen LogP) is 4.37. The minimum absolute atomic E-state index is 0.0204. The summed E-state index contributed by atoms with van der Waals surface area (Å²) in [5.74, 6) is -0.636. The summed E-state index contributed by atoms with van der Waals surface area (Å²) < 4.78 is 33.6. The Morgan fingerprint density at radius 1 is 1.26 bits per heavy atom. The molecular weight excluding hydrogens is 440 g/mol. The lowest BCUT2D eigenvalue weighted by Crippen LogP contribution is -2.38. The number of fused-ring (bicyclic) bond motifs is 3. The number of H-pyrrole nitrogens is 1. The second-order valence-electron chi connectivity index (χ2n) is 8.62. The fourth-order valence-corrected chi connectivity index (χ4v) is 4.82. The van der Waals surface area contributed by atoms with Gasteiger partial charge in [0.15, 0.2) is 0 Å². The average Bonchev–Trinajstić information content (AvgIpc) is 3.20. The molecule has 0 aliphatic carbocycles. The third-order valence-corrected chi connectivity index (χ3v) is 6.46. The minimum atomic E-state index is -0.879. The number of carboxylic acid groups (broad SMARTS) is 1. The lowest BCUT2D eigenvalue weighted by atomic mass is 9.89. The van der Waals surface area contributed by atoms with Gasteiger partial charge in [-0.15, -0.1) is 0 Å². The molecule has 0 bridgehead atoms. The molecule has 0 radical (unpaired) electrons. The van der Waals surface area contributed by atoms with Crippen molar-refractivity contribution in [2.24, 2.45) is 0 Å². The molecule has 0 saturated heterocycles. The first-order valence-corrected chi connectivity index (χ1v) is 11.7. The van der Waals surface area contributed by atoms with E-state index in [1.165, 1.54) is 6.07 Å². The number of hydrogen-bond donors (Lipinski definition) is 3. The van der Waals surface area contributed by atoms with Crippen molar-refractivity contribution >= 4 is 16.9 Å². The van der Waals surface area contributed by atoms with Gasteiger partial charge in [-0.05, 0) is 55.6 Å². The van der Waals surface area contributed by atoms with Crippen LogP contribution in [-0.2, 0) is 11.2 Å². The Morgan fingerprint density at radius 3 is 2.88 bits per heavy atom. The number of alkyl halides is 1. The van der Waals surface area contributed by atoms with E-state index in [0.717, 1.165) is 28.6 Å². The number of halogens is 2. The Balaban J connectivity index is 1.68. The number of aromatic nitrogens is 1. The SMILES string of the molecule is Cc1c(OCCNCCCF)ccc(F)c1C1c2[nH]c3ccccc3c2CCN1CCC(=O)O. The third-order valence-electron chi connectivity index (χ3n) is 6.46. The van der Waals surface area contributed by atoms with Crippen molar-refractivity contribution in [3.63, 3.8) is 0 Å². The molecule has 6 nitrogen and oxygen atoms in total. The number of aromatic amines is 1. The number of nitrogens with zero attached hydrogens (tertiary/aromatic N) is 1. The Morgan fingerprint density at radius 2 is 2.09 bits per heavy atom. The van der Waals surface area contributed by atoms with Gasteiger partial charge in [0.1, 0.15) is 18.2 Å². The van der Waals surface area contributed by atoms with Gasteiger partial charge in [0.25, 0.3) is 0 Å². The summed E-state index contributed by atoms with van der Waals surface area (Å²) in [4.78, 5) is 16.8. The van der Waals surface area contributed by atoms with E-state index in [4.69, 9.17) is 4.74 Å². The molecule has 2 aromatic carbocycles. The number of aliphatic carboxylic acids is 1. The number of ether oxygens (including phenoxy) is 1. The quantitative estimate of drug-likeness (QED) is 0.362. The highest BCUT2D eigenvalue weighted by molar-refractivity contribution is 5.85. The van der Waals surface area contributed by atoms with Crippen molar-refractivity contribution in [1.82, 2.24) is 15.2 Å². The van der Waals surface area contributed by atoms with Gasteiger partial charge in [-0.1, -0.05) is 18.2 Å². The van der Waals surface area contributed by atoms with E-state index in [2.05, 4.69) is 16.4 Å². The Kier molecular flexibility index (Phi) is 7.80. The maximum Gasteiger partial charge on any atom is 0.304 e. The van der Waals surface area contributed by atoms with Crippen molar-refractivity contribution in [1.29, 1.82) is 0 Å². The maximum absolute atomic E-state index is 15.4. The van der Waals surface area contributed by atoms with Crippen LogP contribution in [0.4, 0.5) is 8.78 Å². The molecule has 3 aromatic rings. The number of para-hydroxylation sites is 1. The summed E-state index contributed by atoms with van der Waals surface area (Å²) in [6.45, 7) is 3.96. The molecule has 0 saturated carbocycles. The van der Waals surface area contributed by atoms with Crippen LogP contribution in [0.1, 0.15) is 41.3 Å². The molecule has 1 aromatic heterocycles. The Bertz CT molecular complexity index is 1150. The van der Waals surface area contributed by atoms with E-state index in [1.54, 1.807) is 6.07 Å². The van der Waals surface area contributed by atoms with E-state index < -0.39 is 12.0 Å². The zero-order valence-electron chi connectivity index (χ0n) is 19.4. The van der Waals surface area contributed by atoms with Crippen molar-refractivity contribution in [3.8, 4) is 5.75 Å². The first kappa shape index (κ1) is 24.2. The van der Waals surface area contributed by atoms with E-state index in [-0.39, 0.29) is 18.9 Å². The average molecular weight is 472 g/mol. The number of nitrogens with one attached hydrogen (secondary N) is 2. The van der Waals surface area contributed by atoms with Gasteiger partial charge in [0.05, 0.1) is 19.1 Å². The zero-order valence-corrected chi connectivity index (χ0v) is 19.4. The highest BCUT2D eigenvalue weighted by atomic mass is 19.1. The number of benzene rings is 2. The van der Waals surface area contributed by atoms with Crippen LogP contribution in [0.25, 0.3) is 10.9 Å². The number of hydrogen-bond acceptors (Lipinski definition) is 4. The lowest BCUT2D eigenvalue weighted by Gasteiger charge is -2.37. The maximum atomic E-state index is 15.4. The van der Waals surface area contributed by atoms with Crippen molar-refractivity contribution in [2.75, 3.05) is 39.5 Å². The van der Waals surface area contributed by atoms with Crippen LogP contribution in [0.5, 0.6) is 5.75 Å². The van der Waals surface area contributed by atoms with Crippen molar-refractivity contribution in [2.45, 2.75) is 32.2 Å². The molecule has 3 N–H and O–H groups in total. The van der Waals surface area contributed by atoms with Gasteiger partial charge in [0.2, 0.25) is 0 Å². The van der Waals surface area contributed by atoms with Gasteiger partial charge in [0, 0.05) is 41.8 Å². The molecular formula is C26H31F2N3O3. The second kappa shape index (κ2) is 11.0. The van der Waals surface area contributed by atoms with Crippen LogP contribution in [0, 0.1) is 12.7 Å². The van der Waals surface area contributed by atoms with Gasteiger partial charge >= 0.3 is 5.97 Å². The van der Waals surface area contributed by atoms with Gasteiger partial charge in [-0.2, -0.15) is 0 Å². The van der Waals surface area contributed by atoms with Crippen molar-refractivity contribution < 1.29 is 23.4 Å². The number of carbonyl (C=O) groups is 1. The summed E-state index contributed by atoms with van der Waals surface area (Å²) >= 11 is 0. The summed E-state index contributed by atoms with van der Waals surface area (Å²) in [5, 5.41) is 13.5. The van der Waals surface area contributed by atoms with Gasteiger partial charge in [-0.25, -0.2) is 4.39 Å². The highest BCUT2D eigenvalue weighted by Crippen LogP contribution is 2.42. The summed E-state index contributed by atoms with van der Waals surface area (Å²) in [6.07, 6.45) is 1.20. The number of carboxylic acids is 1. The van der Waals surface area contributed by atoms with E-state index in [9.17, 15) is 14.3 Å². The zero-order chi connectivity index (χ0) is 24.1. The van der Waals surface area contributed by atoms with Gasteiger partial charge in [-0.3, -0.25) is 14.1 Å². The monoisotopic (exact) mass is 471 g/mol. The summed E-state index contributed by atoms with van der Waals surface area (Å²) in [6, 6.07) is 10.6. The van der Waals surface area contributed by atoms with Gasteiger partial charge < -0.3 is 20.1 Å². The van der Waals surface area contributed by atoms with Crippen molar-refractivity contribution in [3.05, 3.63) is 64.6 Å². The second-order valence-corrected chi connectivity index (χ2v) is 8.62. The molecule has 2 heterocycles. The minimum Gasteiger partial charge on any atom is -0.492 e. The molecule has 0 amide bonds. The Hall–Kier alpha value is -2.97. The molecule has 4 rings (SSSR count). The molecule has 0 spiro atoms. The molecule has 0 fully saturated rings. The molecule has 182 valence electrons. The molecule has 34 heavy (non-hydrogen) atoms. The third kappa shape index (κ3) is 5.08. The molecule has 8 heteroatoms. The van der Waals surface area contributed by atoms with Crippen LogP contribution >= 0.6 is 0 Å². The molecule has 1 unspecified atom stereocenters. The van der Waals surface area contributed by atoms with E-state index in [0.29, 0.717) is 56.1 Å². The highest BCUT2D eigenvalue weighted by Gasteiger charge is 2.35. The van der Waals surface area contributed by atoms with E-state index >= 15 is 4.39 Å². The van der Waals surface area contributed by atoms with Crippen LogP contribution in [0.15, 0.2) is 36.4 Å². The molecule has 1 aliphatic rings. The van der Waals surface area contributed by atoms with Crippen LogP contribution in [-0.4, -0.2) is 60.4 Å². The fourth-order valence-electron chi connectivity index (χ4n) is 4.82. The van der Waals surface area contributed by atoms with Crippen LogP contribution in [0.2, 0.25) is 0 Å². The predicted molar refractivity (Wildman–Crippen MR) is 128 cm³/mol. The van der Waals surface area contributed by atoms with Crippen LogP contribution in [0.3, 0.4) is 0 Å². The first-order valence-electron chi connectivity index (χ1n) is 11.7. The topological polar surface area (TPSA) is 77.6 Å². The van der Waals surface area contributed by atoms with Crippen LogP contribution < -0.4 is 10.1 Å². The summed E-state index contributed by atoms with van der Waals surface area (Å²) in [5.41, 5.74) is 4.24. The normalized spacial score (nSPS) is 16.0. The van der Waals surface area contributed by atoms with E-state index in [1.807, 2.05) is 30.0 Å². The fraction of sp³-hybridized carbons (Fsp3) is 0.423. The largest absolute Gasteiger partial charge is 0.492 e. The smallest absolute Gasteiger partial charge is 0.304 e. The Labute approximate surface area is 197 Å².